The maximum absolute atomic E-state index is 12.9. The summed E-state index contributed by atoms with van der Waals surface area (Å²) in [5.41, 5.74) is 5.32. The minimum Gasteiger partial charge on any atom is -0.379 e. The maximum Gasteiger partial charge on any atom is 0.267 e. The number of hydrogen-bond donors (Lipinski definition) is 2. The molecule has 0 aliphatic carbocycles. The van der Waals surface area contributed by atoms with Gasteiger partial charge in [0, 0.05) is 35.4 Å². The van der Waals surface area contributed by atoms with Crippen LogP contribution in [0.4, 0.5) is 0 Å². The van der Waals surface area contributed by atoms with E-state index in [2.05, 4.69) is 59.6 Å². The van der Waals surface area contributed by atoms with Crippen LogP contribution in [-0.4, -0.2) is 48.6 Å². The number of amides is 1. The van der Waals surface area contributed by atoms with Crippen LogP contribution in [0.3, 0.4) is 0 Å². The summed E-state index contributed by atoms with van der Waals surface area (Å²) in [6.45, 7) is 10.2. The Balaban J connectivity index is 1.53. The Hall–Kier alpha value is -2.15. The molecule has 6 heteroatoms. The first-order valence-corrected chi connectivity index (χ1v) is 10.7. The minimum absolute atomic E-state index is 0.0533. The Morgan fingerprint density at radius 1 is 1.25 bits per heavy atom. The number of carbonyl (C=O) groups excluding carboxylic acids is 1. The fraction of sp³-hybridized carbons (Fsp3) is 0.409. The van der Waals surface area contributed by atoms with E-state index in [1.807, 2.05) is 6.07 Å². The highest BCUT2D eigenvalue weighted by molar-refractivity contribution is 7.10. The van der Waals surface area contributed by atoms with Gasteiger partial charge in [0.05, 0.1) is 19.3 Å². The van der Waals surface area contributed by atoms with Gasteiger partial charge in [-0.3, -0.25) is 9.69 Å². The molecule has 148 valence electrons. The van der Waals surface area contributed by atoms with Crippen molar-refractivity contribution < 1.29 is 9.53 Å². The predicted octanol–water partition coefficient (Wildman–Crippen LogP) is 3.96. The fourth-order valence-electron chi connectivity index (χ4n) is 3.96. The molecule has 2 aromatic heterocycles. The number of H-pyrrole nitrogens is 1. The van der Waals surface area contributed by atoms with E-state index >= 15 is 0 Å². The Morgan fingerprint density at radius 2 is 2.04 bits per heavy atom. The molecule has 1 amide bonds. The van der Waals surface area contributed by atoms with Crippen LogP contribution < -0.4 is 5.32 Å². The molecule has 0 spiro atoms. The van der Waals surface area contributed by atoms with Gasteiger partial charge in [-0.15, -0.1) is 11.3 Å². The van der Waals surface area contributed by atoms with Crippen LogP contribution in [0.25, 0.3) is 10.9 Å². The quantitative estimate of drug-likeness (QED) is 0.685. The number of aryl methyl sites for hydroxylation is 3. The molecule has 0 saturated carbocycles. The first-order valence-electron chi connectivity index (χ1n) is 9.77. The van der Waals surface area contributed by atoms with Crippen molar-refractivity contribution >= 4 is 28.1 Å². The second-order valence-corrected chi connectivity index (χ2v) is 8.48. The molecule has 1 aromatic carbocycles. The van der Waals surface area contributed by atoms with Crippen LogP contribution >= 0.6 is 11.3 Å². The minimum atomic E-state index is -0.0533. The van der Waals surface area contributed by atoms with Crippen molar-refractivity contribution in [2.24, 2.45) is 0 Å². The zero-order valence-corrected chi connectivity index (χ0v) is 17.5. The van der Waals surface area contributed by atoms with E-state index in [0.29, 0.717) is 12.2 Å². The van der Waals surface area contributed by atoms with Gasteiger partial charge in [0.1, 0.15) is 5.69 Å². The lowest BCUT2D eigenvalue weighted by molar-refractivity contribution is 0.0169. The van der Waals surface area contributed by atoms with Crippen molar-refractivity contribution in [3.8, 4) is 0 Å². The van der Waals surface area contributed by atoms with Crippen LogP contribution in [0.2, 0.25) is 0 Å². The third kappa shape index (κ3) is 3.72. The lowest BCUT2D eigenvalue weighted by atomic mass is 10.0. The number of fused-ring (bicyclic) bond motifs is 1. The molecule has 28 heavy (non-hydrogen) atoms. The van der Waals surface area contributed by atoms with Crippen molar-refractivity contribution in [3.05, 3.63) is 56.9 Å². The van der Waals surface area contributed by atoms with E-state index in [-0.39, 0.29) is 11.9 Å². The number of carbonyl (C=O) groups is 1. The second kappa shape index (κ2) is 8.07. The summed E-state index contributed by atoms with van der Waals surface area (Å²) >= 11 is 1.74. The van der Waals surface area contributed by atoms with Gasteiger partial charge in [-0.1, -0.05) is 12.1 Å². The summed E-state index contributed by atoms with van der Waals surface area (Å²) in [6.07, 6.45) is 0. The zero-order valence-electron chi connectivity index (χ0n) is 16.7. The summed E-state index contributed by atoms with van der Waals surface area (Å²) in [4.78, 5) is 19.9. The lowest BCUT2D eigenvalue weighted by Crippen LogP contribution is -2.43. The Bertz CT molecular complexity index is 971. The number of morpholine rings is 1. The fourth-order valence-corrected chi connectivity index (χ4v) is 4.82. The van der Waals surface area contributed by atoms with Gasteiger partial charge in [-0.2, -0.15) is 0 Å². The summed E-state index contributed by atoms with van der Waals surface area (Å²) in [5, 5.41) is 6.37. The standard InChI is InChI=1S/C22H27N3O2S/c1-14-11-15(2)17-12-18(24-21(17)16(14)3)22(26)23-13-19(20-5-4-10-28-20)25-6-8-27-9-7-25/h4-5,10-12,19,24H,6-9,13H2,1-3H3,(H,23,26)/t19-/m0/s1. The lowest BCUT2D eigenvalue weighted by Gasteiger charge is -2.34. The third-order valence-corrected chi connectivity index (χ3v) is 6.67. The van der Waals surface area contributed by atoms with Gasteiger partial charge in [-0.05, 0) is 55.0 Å². The molecule has 1 aliphatic rings. The van der Waals surface area contributed by atoms with Crippen LogP contribution in [-0.2, 0) is 4.74 Å². The van der Waals surface area contributed by atoms with E-state index in [4.69, 9.17) is 4.74 Å². The maximum atomic E-state index is 12.9. The molecule has 0 radical (unpaired) electrons. The van der Waals surface area contributed by atoms with E-state index < -0.39 is 0 Å². The number of thiophene rings is 1. The normalized spacial score (nSPS) is 16.4. The van der Waals surface area contributed by atoms with Crippen molar-refractivity contribution in [1.82, 2.24) is 15.2 Å². The van der Waals surface area contributed by atoms with Crippen LogP contribution in [0.1, 0.15) is 38.1 Å². The predicted molar refractivity (Wildman–Crippen MR) is 114 cm³/mol. The number of nitrogens with zero attached hydrogens (tertiary/aromatic N) is 1. The van der Waals surface area contributed by atoms with Gasteiger partial charge in [0.15, 0.2) is 0 Å². The van der Waals surface area contributed by atoms with Crippen LogP contribution in [0, 0.1) is 20.8 Å². The van der Waals surface area contributed by atoms with Gasteiger partial charge in [0.2, 0.25) is 0 Å². The molecule has 5 nitrogen and oxygen atoms in total. The highest BCUT2D eigenvalue weighted by Crippen LogP contribution is 2.27. The van der Waals surface area contributed by atoms with Crippen molar-refractivity contribution in [3.63, 3.8) is 0 Å². The highest BCUT2D eigenvalue weighted by Gasteiger charge is 2.24. The monoisotopic (exact) mass is 397 g/mol. The molecule has 0 bridgehead atoms. The van der Waals surface area contributed by atoms with Crippen molar-refractivity contribution in [2.75, 3.05) is 32.8 Å². The van der Waals surface area contributed by atoms with E-state index in [0.717, 1.165) is 37.2 Å². The van der Waals surface area contributed by atoms with Gasteiger partial charge < -0.3 is 15.0 Å². The van der Waals surface area contributed by atoms with Crippen molar-refractivity contribution in [1.29, 1.82) is 0 Å². The number of aromatic amines is 1. The van der Waals surface area contributed by atoms with E-state index in [1.54, 1.807) is 11.3 Å². The molecule has 2 N–H and O–H groups in total. The molecule has 1 saturated heterocycles. The number of hydrogen-bond acceptors (Lipinski definition) is 4. The molecule has 3 aromatic rings. The molecule has 0 unspecified atom stereocenters. The van der Waals surface area contributed by atoms with Gasteiger partial charge >= 0.3 is 0 Å². The second-order valence-electron chi connectivity index (χ2n) is 7.50. The summed E-state index contributed by atoms with van der Waals surface area (Å²) < 4.78 is 5.50. The Labute approximate surface area is 169 Å². The van der Waals surface area contributed by atoms with Crippen molar-refractivity contribution in [2.45, 2.75) is 26.8 Å². The van der Waals surface area contributed by atoms with Crippen LogP contribution in [0.15, 0.2) is 29.6 Å². The first kappa shape index (κ1) is 19.2. The number of benzene rings is 1. The van der Waals surface area contributed by atoms with Gasteiger partial charge in [0.25, 0.3) is 5.91 Å². The Kier molecular flexibility index (Phi) is 5.53. The number of aromatic nitrogens is 1. The largest absolute Gasteiger partial charge is 0.379 e. The van der Waals surface area contributed by atoms with Gasteiger partial charge in [-0.25, -0.2) is 0 Å². The first-order chi connectivity index (χ1) is 13.5. The average molecular weight is 398 g/mol. The smallest absolute Gasteiger partial charge is 0.267 e. The molecule has 3 heterocycles. The molecule has 1 atom stereocenters. The Morgan fingerprint density at radius 3 is 2.75 bits per heavy atom. The summed E-state index contributed by atoms with van der Waals surface area (Å²) in [6, 6.07) is 8.55. The average Bonchev–Trinajstić information content (AvgIpc) is 3.38. The topological polar surface area (TPSA) is 57.4 Å². The van der Waals surface area contributed by atoms with Crippen LogP contribution in [0.5, 0.6) is 0 Å². The molecular weight excluding hydrogens is 370 g/mol. The number of nitrogens with one attached hydrogen (secondary N) is 2. The molecule has 4 rings (SSSR count). The molecular formula is C22H27N3O2S. The SMILES string of the molecule is Cc1cc(C)c2cc(C(=O)NC[C@@H](c3cccs3)N3CCOCC3)[nH]c2c1C. The highest BCUT2D eigenvalue weighted by atomic mass is 32.1. The molecule has 1 fully saturated rings. The third-order valence-electron chi connectivity index (χ3n) is 5.70. The summed E-state index contributed by atoms with van der Waals surface area (Å²) in [7, 11) is 0. The zero-order chi connectivity index (χ0) is 19.7. The number of ether oxygens (including phenoxy) is 1. The van der Waals surface area contributed by atoms with E-state index in [1.165, 1.54) is 21.6 Å². The molecule has 1 aliphatic heterocycles. The van der Waals surface area contributed by atoms with E-state index in [9.17, 15) is 4.79 Å². The number of rotatable bonds is 5. The summed E-state index contributed by atoms with van der Waals surface area (Å²) in [5.74, 6) is -0.0533.